The van der Waals surface area contributed by atoms with Gasteiger partial charge < -0.3 is 21.7 Å². The van der Waals surface area contributed by atoms with Crippen LogP contribution in [-0.2, 0) is 0 Å². The van der Waals surface area contributed by atoms with Gasteiger partial charge in [-0.15, -0.1) is 0 Å². The second kappa shape index (κ2) is 9.40. The van der Waals surface area contributed by atoms with Crippen LogP contribution in [0.5, 0.6) is 0 Å². The van der Waals surface area contributed by atoms with E-state index in [2.05, 4.69) is 0 Å². The minimum absolute atomic E-state index is 0.0972. The van der Waals surface area contributed by atoms with E-state index in [4.69, 9.17) is 16.6 Å². The van der Waals surface area contributed by atoms with Crippen molar-refractivity contribution in [2.75, 3.05) is 19.7 Å². The molecule has 1 aliphatic carbocycles. The molecule has 6 N–H and O–H groups in total. The third-order valence-corrected chi connectivity index (χ3v) is 2.56. The van der Waals surface area contributed by atoms with E-state index in [1.54, 1.807) is 0 Å². The van der Waals surface area contributed by atoms with Gasteiger partial charge in [-0.3, -0.25) is 0 Å². The molecular weight excluding hydrogens is 180 g/mol. The van der Waals surface area contributed by atoms with Crippen LogP contribution >= 0.6 is 0 Å². The van der Waals surface area contributed by atoms with E-state index >= 15 is 0 Å². The summed E-state index contributed by atoms with van der Waals surface area (Å²) < 4.78 is 0. The summed E-state index contributed by atoms with van der Waals surface area (Å²) in [6, 6.07) is 0. The fourth-order valence-corrected chi connectivity index (χ4v) is 1.71. The normalized spacial score (nSPS) is 19.7. The van der Waals surface area contributed by atoms with Crippen molar-refractivity contribution in [1.29, 1.82) is 0 Å². The first kappa shape index (κ1) is 13.8. The average Bonchev–Trinajstić information content (AvgIpc) is 2.29. The van der Waals surface area contributed by atoms with Crippen LogP contribution in [0.3, 0.4) is 0 Å². The molecule has 4 heteroatoms. The molecule has 0 radical (unpaired) electrons. The van der Waals surface area contributed by atoms with Crippen molar-refractivity contribution in [3.63, 3.8) is 0 Å². The third kappa shape index (κ3) is 6.32. The van der Waals surface area contributed by atoms with Gasteiger partial charge in [-0.2, -0.15) is 0 Å². The zero-order valence-corrected chi connectivity index (χ0v) is 8.86. The van der Waals surface area contributed by atoms with E-state index in [9.17, 15) is 5.11 Å². The van der Waals surface area contributed by atoms with Crippen LogP contribution in [0.25, 0.3) is 0 Å². The lowest BCUT2D eigenvalue weighted by Gasteiger charge is -2.25. The Balaban J connectivity index is 0.000000364. The third-order valence-electron chi connectivity index (χ3n) is 2.56. The van der Waals surface area contributed by atoms with Gasteiger partial charge in [-0.1, -0.05) is 19.3 Å². The predicted molar refractivity (Wildman–Crippen MR) is 57.8 cm³/mol. The van der Waals surface area contributed by atoms with E-state index in [-0.39, 0.29) is 12.7 Å². The molecule has 0 aromatic carbocycles. The molecule has 14 heavy (non-hydrogen) atoms. The smallest absolute Gasteiger partial charge is 0.0690 e. The second-order valence-electron chi connectivity index (χ2n) is 3.71. The second-order valence-corrected chi connectivity index (χ2v) is 3.71. The standard InChI is InChI=1S/C8H17NO.C2H7NO/c9-6-8(10)7-4-2-1-3-5-7;3-1-2-4/h7-8,10H,1-6,9H2;4H,1-3H2. The van der Waals surface area contributed by atoms with Crippen molar-refractivity contribution in [2.45, 2.75) is 38.2 Å². The van der Waals surface area contributed by atoms with Gasteiger partial charge in [-0.05, 0) is 18.8 Å². The van der Waals surface area contributed by atoms with Crippen LogP contribution in [0.4, 0.5) is 0 Å². The van der Waals surface area contributed by atoms with Crippen molar-refractivity contribution < 1.29 is 10.2 Å². The Hall–Kier alpha value is -0.160. The van der Waals surface area contributed by atoms with Gasteiger partial charge in [0.15, 0.2) is 0 Å². The Bertz CT molecular complexity index is 115. The van der Waals surface area contributed by atoms with E-state index in [0.717, 1.165) is 0 Å². The highest BCUT2D eigenvalue weighted by Gasteiger charge is 2.19. The van der Waals surface area contributed by atoms with Gasteiger partial charge in [0.25, 0.3) is 0 Å². The molecular formula is C10H24N2O2. The molecule has 1 rings (SSSR count). The van der Waals surface area contributed by atoms with Gasteiger partial charge in [0.2, 0.25) is 0 Å². The maximum Gasteiger partial charge on any atom is 0.0690 e. The van der Waals surface area contributed by atoms with Crippen LogP contribution in [0, 0.1) is 5.92 Å². The Morgan fingerprint density at radius 1 is 1.14 bits per heavy atom. The lowest BCUT2D eigenvalue weighted by atomic mass is 9.85. The molecule has 0 aromatic rings. The molecule has 1 unspecified atom stereocenters. The Morgan fingerprint density at radius 3 is 2.00 bits per heavy atom. The molecule has 1 aliphatic rings. The fourth-order valence-electron chi connectivity index (χ4n) is 1.71. The number of hydrogen-bond acceptors (Lipinski definition) is 4. The first-order chi connectivity index (χ1) is 6.76. The molecule has 0 amide bonds. The molecule has 4 nitrogen and oxygen atoms in total. The summed E-state index contributed by atoms with van der Waals surface area (Å²) in [5, 5.41) is 17.1. The predicted octanol–water partition coefficient (Wildman–Crippen LogP) is -0.176. The van der Waals surface area contributed by atoms with Crippen LogP contribution in [0.1, 0.15) is 32.1 Å². The number of nitrogens with two attached hydrogens (primary N) is 2. The molecule has 1 fully saturated rings. The molecule has 0 aromatic heterocycles. The molecule has 1 saturated carbocycles. The SMILES string of the molecule is NCC(O)C1CCCCC1.NCCO. The van der Waals surface area contributed by atoms with Crippen LogP contribution < -0.4 is 11.5 Å². The summed E-state index contributed by atoms with van der Waals surface area (Å²) in [5.74, 6) is 0.499. The van der Waals surface area contributed by atoms with Crippen LogP contribution in [0.15, 0.2) is 0 Å². The van der Waals surface area contributed by atoms with Crippen LogP contribution in [0.2, 0.25) is 0 Å². The Morgan fingerprint density at radius 2 is 1.64 bits per heavy atom. The van der Waals surface area contributed by atoms with Gasteiger partial charge in [-0.25, -0.2) is 0 Å². The number of aliphatic hydroxyl groups is 2. The fraction of sp³-hybridized carbons (Fsp3) is 1.00. The van der Waals surface area contributed by atoms with Crippen molar-refractivity contribution in [2.24, 2.45) is 17.4 Å². The first-order valence-corrected chi connectivity index (χ1v) is 5.45. The highest BCUT2D eigenvalue weighted by Crippen LogP contribution is 2.25. The summed E-state index contributed by atoms with van der Waals surface area (Å²) in [4.78, 5) is 0. The highest BCUT2D eigenvalue weighted by molar-refractivity contribution is 4.73. The molecule has 0 spiro atoms. The van der Waals surface area contributed by atoms with Crippen molar-refractivity contribution in [1.82, 2.24) is 0 Å². The molecule has 0 aliphatic heterocycles. The monoisotopic (exact) mass is 204 g/mol. The van der Waals surface area contributed by atoms with E-state index in [0.29, 0.717) is 19.0 Å². The molecule has 0 bridgehead atoms. The van der Waals surface area contributed by atoms with Gasteiger partial charge in [0.1, 0.15) is 0 Å². The molecule has 1 atom stereocenters. The summed E-state index contributed by atoms with van der Waals surface area (Å²) in [6.07, 6.45) is 6.02. The topological polar surface area (TPSA) is 92.5 Å². The van der Waals surface area contributed by atoms with E-state index in [1.807, 2.05) is 0 Å². The average molecular weight is 204 g/mol. The van der Waals surface area contributed by atoms with E-state index in [1.165, 1.54) is 32.1 Å². The maximum atomic E-state index is 9.36. The quantitative estimate of drug-likeness (QED) is 0.513. The van der Waals surface area contributed by atoms with Crippen LogP contribution in [-0.4, -0.2) is 36.0 Å². The van der Waals surface area contributed by atoms with Gasteiger partial charge in [0, 0.05) is 13.1 Å². The maximum absolute atomic E-state index is 9.36. The van der Waals surface area contributed by atoms with E-state index < -0.39 is 0 Å². The molecule has 86 valence electrons. The van der Waals surface area contributed by atoms with Gasteiger partial charge >= 0.3 is 0 Å². The number of rotatable bonds is 3. The summed E-state index contributed by atoms with van der Waals surface area (Å²) >= 11 is 0. The van der Waals surface area contributed by atoms with Crippen molar-refractivity contribution in [3.05, 3.63) is 0 Å². The number of aliphatic hydroxyl groups excluding tert-OH is 2. The summed E-state index contributed by atoms with van der Waals surface area (Å²) in [5.41, 5.74) is 10.1. The minimum Gasteiger partial charge on any atom is -0.395 e. The van der Waals surface area contributed by atoms with Crippen molar-refractivity contribution >= 4 is 0 Å². The molecule has 0 heterocycles. The Labute approximate surface area is 86.3 Å². The highest BCUT2D eigenvalue weighted by atomic mass is 16.3. The lowest BCUT2D eigenvalue weighted by Crippen LogP contribution is -2.30. The van der Waals surface area contributed by atoms with Gasteiger partial charge in [0.05, 0.1) is 12.7 Å². The summed E-state index contributed by atoms with van der Waals surface area (Å²) in [6.45, 7) is 0.907. The largest absolute Gasteiger partial charge is 0.395 e. The Kier molecular flexibility index (Phi) is 9.29. The zero-order valence-electron chi connectivity index (χ0n) is 8.86. The minimum atomic E-state index is -0.236. The number of hydrogen-bond donors (Lipinski definition) is 4. The lowest BCUT2D eigenvalue weighted by molar-refractivity contribution is 0.0920. The van der Waals surface area contributed by atoms with Crippen molar-refractivity contribution in [3.8, 4) is 0 Å². The first-order valence-electron chi connectivity index (χ1n) is 5.45. The summed E-state index contributed by atoms with van der Waals surface area (Å²) in [7, 11) is 0. The zero-order chi connectivity index (χ0) is 10.8. The molecule has 0 saturated heterocycles.